The molecule has 0 aliphatic heterocycles. The summed E-state index contributed by atoms with van der Waals surface area (Å²) in [7, 11) is 1.61. The molecule has 0 aromatic carbocycles. The molecule has 0 fully saturated rings. The van der Waals surface area contributed by atoms with Gasteiger partial charge in [-0.2, -0.15) is 0 Å². The molecular formula is C9H18N2O2S. The zero-order valence-electron chi connectivity index (χ0n) is 8.92. The van der Waals surface area contributed by atoms with Crippen LogP contribution in [0, 0.1) is 0 Å². The Kier molecular flexibility index (Phi) is 5.60. The Bertz CT molecular complexity index is 217. The van der Waals surface area contributed by atoms with Crippen LogP contribution in [0.2, 0.25) is 0 Å². The Morgan fingerprint density at radius 1 is 1.43 bits per heavy atom. The molecule has 82 valence electrons. The third kappa shape index (κ3) is 6.77. The molecule has 0 saturated carbocycles. The first-order chi connectivity index (χ1) is 6.37. The van der Waals surface area contributed by atoms with Crippen LogP contribution in [0.3, 0.4) is 0 Å². The van der Waals surface area contributed by atoms with E-state index in [0.717, 1.165) is 0 Å². The average molecular weight is 218 g/mol. The molecule has 0 rings (SSSR count). The lowest BCUT2D eigenvalue weighted by Gasteiger charge is -2.22. The maximum atomic E-state index is 11.0. The quantitative estimate of drug-likeness (QED) is 0.682. The predicted molar refractivity (Wildman–Crippen MR) is 59.0 cm³/mol. The molecule has 0 saturated heterocycles. The van der Waals surface area contributed by atoms with Crippen LogP contribution in [0.15, 0.2) is 0 Å². The van der Waals surface area contributed by atoms with Crippen LogP contribution in [-0.2, 0) is 9.59 Å². The van der Waals surface area contributed by atoms with Crippen molar-refractivity contribution in [1.29, 1.82) is 0 Å². The molecule has 5 heteroatoms. The van der Waals surface area contributed by atoms with Crippen molar-refractivity contribution in [2.75, 3.05) is 12.8 Å². The van der Waals surface area contributed by atoms with Gasteiger partial charge in [-0.05, 0) is 6.42 Å². The SMILES string of the molecule is CNC(=O)CSC(C)(C)CCC(N)=O. The summed E-state index contributed by atoms with van der Waals surface area (Å²) in [5.41, 5.74) is 5.05. The van der Waals surface area contributed by atoms with E-state index >= 15 is 0 Å². The summed E-state index contributed by atoms with van der Waals surface area (Å²) in [6.45, 7) is 4.01. The van der Waals surface area contributed by atoms with Crippen LogP contribution in [0.25, 0.3) is 0 Å². The fraction of sp³-hybridized carbons (Fsp3) is 0.778. The van der Waals surface area contributed by atoms with Crippen LogP contribution in [0.4, 0.5) is 0 Å². The molecule has 0 heterocycles. The average Bonchev–Trinajstić information content (AvgIpc) is 2.11. The molecule has 0 radical (unpaired) electrons. The van der Waals surface area contributed by atoms with Gasteiger partial charge in [0.1, 0.15) is 0 Å². The second-order valence-electron chi connectivity index (χ2n) is 3.69. The van der Waals surface area contributed by atoms with Crippen LogP contribution in [0.1, 0.15) is 26.7 Å². The van der Waals surface area contributed by atoms with E-state index in [2.05, 4.69) is 5.32 Å². The second-order valence-corrected chi connectivity index (χ2v) is 5.37. The van der Waals surface area contributed by atoms with Crippen molar-refractivity contribution in [3.8, 4) is 0 Å². The zero-order valence-corrected chi connectivity index (χ0v) is 9.74. The third-order valence-electron chi connectivity index (χ3n) is 1.85. The number of primary amides is 1. The number of thioether (sulfide) groups is 1. The highest BCUT2D eigenvalue weighted by Crippen LogP contribution is 2.28. The number of nitrogens with one attached hydrogen (secondary N) is 1. The van der Waals surface area contributed by atoms with Crippen LogP contribution in [-0.4, -0.2) is 29.4 Å². The smallest absolute Gasteiger partial charge is 0.229 e. The summed E-state index contributed by atoms with van der Waals surface area (Å²) in [6, 6.07) is 0. The van der Waals surface area contributed by atoms with Gasteiger partial charge in [-0.25, -0.2) is 0 Å². The maximum Gasteiger partial charge on any atom is 0.229 e. The zero-order chi connectivity index (χ0) is 11.2. The van der Waals surface area contributed by atoms with Crippen molar-refractivity contribution in [3.05, 3.63) is 0 Å². The van der Waals surface area contributed by atoms with E-state index in [9.17, 15) is 9.59 Å². The maximum absolute atomic E-state index is 11.0. The third-order valence-corrected chi connectivity index (χ3v) is 3.24. The highest BCUT2D eigenvalue weighted by molar-refractivity contribution is 8.01. The van der Waals surface area contributed by atoms with Gasteiger partial charge in [0, 0.05) is 18.2 Å². The van der Waals surface area contributed by atoms with Crippen molar-refractivity contribution in [3.63, 3.8) is 0 Å². The minimum atomic E-state index is -0.293. The van der Waals surface area contributed by atoms with E-state index in [-0.39, 0.29) is 16.6 Å². The normalized spacial score (nSPS) is 11.1. The Hall–Kier alpha value is -0.710. The van der Waals surface area contributed by atoms with Crippen molar-refractivity contribution in [2.24, 2.45) is 5.73 Å². The monoisotopic (exact) mass is 218 g/mol. The lowest BCUT2D eigenvalue weighted by atomic mass is 10.1. The van der Waals surface area contributed by atoms with Crippen molar-refractivity contribution >= 4 is 23.6 Å². The molecule has 3 N–H and O–H groups in total. The summed E-state index contributed by atoms with van der Waals surface area (Å²) in [4.78, 5) is 21.5. The molecule has 0 aromatic rings. The Morgan fingerprint density at radius 2 is 2.00 bits per heavy atom. The minimum absolute atomic E-state index is 0.00199. The van der Waals surface area contributed by atoms with Crippen molar-refractivity contribution < 1.29 is 9.59 Å². The molecule has 0 atom stereocenters. The first-order valence-corrected chi connectivity index (χ1v) is 5.49. The van der Waals surface area contributed by atoms with E-state index in [1.807, 2.05) is 13.8 Å². The van der Waals surface area contributed by atoms with Gasteiger partial charge < -0.3 is 11.1 Å². The number of hydrogen-bond donors (Lipinski definition) is 2. The van der Waals surface area contributed by atoms with Gasteiger partial charge in [0.05, 0.1) is 5.75 Å². The van der Waals surface area contributed by atoms with Crippen molar-refractivity contribution in [2.45, 2.75) is 31.4 Å². The molecule has 0 aliphatic carbocycles. The largest absolute Gasteiger partial charge is 0.370 e. The van der Waals surface area contributed by atoms with Gasteiger partial charge in [0.2, 0.25) is 11.8 Å². The lowest BCUT2D eigenvalue weighted by molar-refractivity contribution is -0.118. The van der Waals surface area contributed by atoms with E-state index in [0.29, 0.717) is 18.6 Å². The van der Waals surface area contributed by atoms with Crippen LogP contribution >= 0.6 is 11.8 Å². The van der Waals surface area contributed by atoms with Crippen LogP contribution < -0.4 is 11.1 Å². The van der Waals surface area contributed by atoms with E-state index in [1.165, 1.54) is 11.8 Å². The first kappa shape index (κ1) is 13.3. The van der Waals surface area contributed by atoms with Gasteiger partial charge in [0.15, 0.2) is 0 Å². The van der Waals surface area contributed by atoms with E-state index in [4.69, 9.17) is 5.73 Å². The topological polar surface area (TPSA) is 72.2 Å². The van der Waals surface area contributed by atoms with Gasteiger partial charge in [-0.15, -0.1) is 11.8 Å². The summed E-state index contributed by atoms with van der Waals surface area (Å²) in [6.07, 6.45) is 1.07. The highest BCUT2D eigenvalue weighted by Gasteiger charge is 2.20. The number of amides is 2. The second kappa shape index (κ2) is 5.90. The highest BCUT2D eigenvalue weighted by atomic mass is 32.2. The Morgan fingerprint density at radius 3 is 2.43 bits per heavy atom. The molecule has 14 heavy (non-hydrogen) atoms. The molecule has 0 unspecified atom stereocenters. The number of rotatable bonds is 6. The summed E-state index contributed by atoms with van der Waals surface area (Å²) in [5, 5.41) is 2.55. The standard InChI is InChI=1S/C9H18N2O2S/c1-9(2,5-4-7(10)12)14-6-8(13)11-3/h4-6H2,1-3H3,(H2,10,12)(H,11,13). The first-order valence-electron chi connectivity index (χ1n) is 4.50. The summed E-state index contributed by atoms with van der Waals surface area (Å²) >= 11 is 1.53. The molecule has 0 bridgehead atoms. The number of carbonyl (C=O) groups is 2. The molecule has 0 aliphatic rings. The molecule has 0 spiro atoms. The predicted octanol–water partition coefficient (Wildman–Crippen LogP) is 0.510. The Balaban J connectivity index is 3.82. The molecular weight excluding hydrogens is 200 g/mol. The molecule has 4 nitrogen and oxygen atoms in total. The Labute approximate surface area is 89.0 Å². The molecule has 0 aromatic heterocycles. The number of hydrogen-bond acceptors (Lipinski definition) is 3. The van der Waals surface area contributed by atoms with Gasteiger partial charge in [-0.1, -0.05) is 13.8 Å². The fourth-order valence-corrected chi connectivity index (χ4v) is 1.74. The van der Waals surface area contributed by atoms with E-state index in [1.54, 1.807) is 7.05 Å². The number of carbonyl (C=O) groups excluding carboxylic acids is 2. The van der Waals surface area contributed by atoms with Gasteiger partial charge in [-0.3, -0.25) is 9.59 Å². The lowest BCUT2D eigenvalue weighted by Crippen LogP contribution is -2.25. The minimum Gasteiger partial charge on any atom is -0.370 e. The number of nitrogens with two attached hydrogens (primary N) is 1. The van der Waals surface area contributed by atoms with Crippen LogP contribution in [0.5, 0.6) is 0 Å². The van der Waals surface area contributed by atoms with Gasteiger partial charge in [0.25, 0.3) is 0 Å². The fourth-order valence-electron chi connectivity index (χ4n) is 0.829. The summed E-state index contributed by atoms with van der Waals surface area (Å²) < 4.78 is -0.0818. The van der Waals surface area contributed by atoms with E-state index < -0.39 is 0 Å². The molecule has 2 amide bonds. The summed E-state index contributed by atoms with van der Waals surface area (Å²) in [5.74, 6) is 0.128. The van der Waals surface area contributed by atoms with Crippen molar-refractivity contribution in [1.82, 2.24) is 5.32 Å². The van der Waals surface area contributed by atoms with Gasteiger partial charge >= 0.3 is 0 Å².